The molecule has 27 heavy (non-hydrogen) atoms. The lowest BCUT2D eigenvalue weighted by atomic mass is 9.84. The molecule has 0 spiro atoms. The zero-order valence-corrected chi connectivity index (χ0v) is 16.4. The Balaban J connectivity index is 1.34. The van der Waals surface area contributed by atoms with Gasteiger partial charge in [-0.2, -0.15) is 0 Å². The molecule has 2 aliphatic carbocycles. The maximum atomic E-state index is 13.9. The summed E-state index contributed by atoms with van der Waals surface area (Å²) in [5, 5.41) is 10.2. The van der Waals surface area contributed by atoms with E-state index in [1.807, 2.05) is 6.92 Å². The topological polar surface area (TPSA) is 70.7 Å². The molecule has 5 atom stereocenters. The number of rotatable bonds is 6. The van der Waals surface area contributed by atoms with Gasteiger partial charge in [-0.3, -0.25) is 9.89 Å². The second kappa shape index (κ2) is 7.62. The molecule has 5 unspecified atom stereocenters. The number of aromatic nitrogens is 3. The van der Waals surface area contributed by atoms with Gasteiger partial charge in [0.15, 0.2) is 5.82 Å². The zero-order valence-electron chi connectivity index (χ0n) is 15.6. The fourth-order valence-electron chi connectivity index (χ4n) is 4.64. The molecule has 0 saturated heterocycles. The van der Waals surface area contributed by atoms with E-state index in [4.69, 9.17) is 0 Å². The lowest BCUT2D eigenvalue weighted by molar-refractivity contribution is -0.121. The molecule has 2 bridgehead atoms. The van der Waals surface area contributed by atoms with Gasteiger partial charge in [0.25, 0.3) is 0 Å². The first kappa shape index (κ1) is 18.5. The highest BCUT2D eigenvalue weighted by atomic mass is 32.2. The molecular formula is C20H25FN4OS. The van der Waals surface area contributed by atoms with E-state index in [2.05, 4.69) is 27.4 Å². The molecule has 2 aromatic rings. The van der Waals surface area contributed by atoms with E-state index < -0.39 is 0 Å². The summed E-state index contributed by atoms with van der Waals surface area (Å²) < 4.78 is 13.9. The number of benzene rings is 1. The quantitative estimate of drug-likeness (QED) is 0.733. The van der Waals surface area contributed by atoms with Crippen molar-refractivity contribution in [2.45, 2.75) is 56.0 Å². The molecule has 7 heteroatoms. The molecule has 5 nitrogen and oxygen atoms in total. The Hall–Kier alpha value is -1.89. The summed E-state index contributed by atoms with van der Waals surface area (Å²) in [6.45, 7) is 3.98. The van der Waals surface area contributed by atoms with Crippen LogP contribution in [0.4, 0.5) is 4.39 Å². The van der Waals surface area contributed by atoms with Gasteiger partial charge in [0.05, 0.1) is 10.8 Å². The summed E-state index contributed by atoms with van der Waals surface area (Å²) in [5.74, 6) is 2.30. The van der Waals surface area contributed by atoms with E-state index in [9.17, 15) is 9.18 Å². The van der Waals surface area contributed by atoms with E-state index >= 15 is 0 Å². The highest BCUT2D eigenvalue weighted by molar-refractivity contribution is 8.00. The Morgan fingerprint density at radius 3 is 2.81 bits per heavy atom. The van der Waals surface area contributed by atoms with Gasteiger partial charge in [0.1, 0.15) is 5.82 Å². The van der Waals surface area contributed by atoms with Crippen LogP contribution in [0.25, 0.3) is 11.4 Å². The average molecular weight is 389 g/mol. The normalized spacial score (nSPS) is 26.1. The van der Waals surface area contributed by atoms with Gasteiger partial charge >= 0.3 is 0 Å². The second-order valence-corrected chi connectivity index (χ2v) is 9.15. The van der Waals surface area contributed by atoms with Crippen molar-refractivity contribution >= 4 is 17.7 Å². The third-order valence-electron chi connectivity index (χ3n) is 6.05. The molecule has 2 N–H and O–H groups in total. The van der Waals surface area contributed by atoms with Gasteiger partial charge in [-0.05, 0) is 63.0 Å². The number of H-pyrrole nitrogens is 1. The van der Waals surface area contributed by atoms with E-state index in [1.165, 1.54) is 43.5 Å². The number of aromatic amines is 1. The van der Waals surface area contributed by atoms with Crippen molar-refractivity contribution in [3.8, 4) is 11.4 Å². The maximum absolute atomic E-state index is 13.9. The van der Waals surface area contributed by atoms with E-state index in [0.717, 1.165) is 11.8 Å². The Kier molecular flexibility index (Phi) is 5.21. The second-order valence-electron chi connectivity index (χ2n) is 7.84. The Bertz CT molecular complexity index is 826. The Morgan fingerprint density at radius 2 is 2.11 bits per heavy atom. The zero-order chi connectivity index (χ0) is 19.0. The van der Waals surface area contributed by atoms with Gasteiger partial charge in [-0.15, -0.1) is 5.10 Å². The van der Waals surface area contributed by atoms with Crippen LogP contribution in [-0.2, 0) is 4.79 Å². The van der Waals surface area contributed by atoms with Gasteiger partial charge in [0, 0.05) is 6.04 Å². The van der Waals surface area contributed by atoms with Crippen LogP contribution in [0.15, 0.2) is 29.4 Å². The van der Waals surface area contributed by atoms with Crippen molar-refractivity contribution in [3.05, 3.63) is 30.1 Å². The molecule has 1 amide bonds. The molecule has 0 radical (unpaired) electrons. The minimum Gasteiger partial charge on any atom is -0.352 e. The van der Waals surface area contributed by atoms with Crippen molar-refractivity contribution in [2.75, 3.05) is 0 Å². The Labute approximate surface area is 162 Å². The number of thioether (sulfide) groups is 1. The minimum atomic E-state index is -0.351. The summed E-state index contributed by atoms with van der Waals surface area (Å²) in [6, 6.07) is 6.63. The number of fused-ring (bicyclic) bond motifs is 2. The van der Waals surface area contributed by atoms with Gasteiger partial charge in [-0.1, -0.05) is 30.3 Å². The summed E-state index contributed by atoms with van der Waals surface area (Å²) >= 11 is 1.28. The van der Waals surface area contributed by atoms with Crippen molar-refractivity contribution in [1.82, 2.24) is 20.5 Å². The largest absolute Gasteiger partial charge is 0.352 e. The molecule has 1 aromatic heterocycles. The first-order valence-electron chi connectivity index (χ1n) is 9.65. The molecule has 4 rings (SSSR count). The van der Waals surface area contributed by atoms with Crippen LogP contribution in [0.5, 0.6) is 0 Å². The predicted molar refractivity (Wildman–Crippen MR) is 104 cm³/mol. The van der Waals surface area contributed by atoms with Crippen LogP contribution in [-0.4, -0.2) is 32.4 Å². The number of carbonyl (C=O) groups is 1. The highest BCUT2D eigenvalue weighted by Gasteiger charge is 2.42. The van der Waals surface area contributed by atoms with Crippen LogP contribution >= 0.6 is 11.8 Å². The monoisotopic (exact) mass is 388 g/mol. The highest BCUT2D eigenvalue weighted by Crippen LogP contribution is 2.49. The SMILES string of the molecule is CC(Sc1n[nH]c(-c2ccccc2F)n1)C(=O)NC(C)C1CC2CCC1C2. The van der Waals surface area contributed by atoms with Crippen LogP contribution in [0.3, 0.4) is 0 Å². The number of amides is 1. The summed E-state index contributed by atoms with van der Waals surface area (Å²) in [6.07, 6.45) is 5.27. The van der Waals surface area contributed by atoms with Gasteiger partial charge in [-0.25, -0.2) is 9.37 Å². The van der Waals surface area contributed by atoms with Crippen molar-refractivity contribution in [2.24, 2.45) is 17.8 Å². The first-order chi connectivity index (χ1) is 13.0. The van der Waals surface area contributed by atoms with Gasteiger partial charge in [0.2, 0.25) is 11.1 Å². The molecule has 1 aromatic carbocycles. The van der Waals surface area contributed by atoms with E-state index in [0.29, 0.717) is 22.5 Å². The average Bonchev–Trinajstić information content (AvgIpc) is 3.38. The van der Waals surface area contributed by atoms with E-state index in [1.54, 1.807) is 18.2 Å². The third-order valence-corrected chi connectivity index (χ3v) is 7.01. The number of hydrogen-bond acceptors (Lipinski definition) is 4. The molecule has 144 valence electrons. The molecule has 2 saturated carbocycles. The minimum absolute atomic E-state index is 0.00696. The molecule has 0 aliphatic heterocycles. The lowest BCUT2D eigenvalue weighted by Crippen LogP contribution is -2.43. The standard InChI is InChI=1S/C20H25FN4OS/c1-11(16-10-13-7-8-14(16)9-13)22-19(26)12(2)27-20-23-18(24-25-20)15-5-3-4-6-17(15)21/h3-6,11-14,16H,7-10H2,1-2H3,(H,22,26)(H,23,24,25). The third kappa shape index (κ3) is 3.88. The van der Waals surface area contributed by atoms with Crippen LogP contribution < -0.4 is 5.32 Å². The predicted octanol–water partition coefficient (Wildman–Crippen LogP) is 4.03. The molecule has 2 aliphatic rings. The summed E-state index contributed by atoms with van der Waals surface area (Å²) in [7, 11) is 0. The van der Waals surface area contributed by atoms with Crippen LogP contribution in [0, 0.1) is 23.6 Å². The molecule has 1 heterocycles. The first-order valence-corrected chi connectivity index (χ1v) is 10.5. The molecular weight excluding hydrogens is 363 g/mol. The van der Waals surface area contributed by atoms with Crippen molar-refractivity contribution in [3.63, 3.8) is 0 Å². The maximum Gasteiger partial charge on any atom is 0.233 e. The summed E-state index contributed by atoms with van der Waals surface area (Å²) in [5.41, 5.74) is 0.374. The summed E-state index contributed by atoms with van der Waals surface area (Å²) in [4.78, 5) is 16.9. The molecule has 2 fully saturated rings. The number of halogens is 1. The number of nitrogens with zero attached hydrogens (tertiary/aromatic N) is 2. The Morgan fingerprint density at radius 1 is 1.30 bits per heavy atom. The van der Waals surface area contributed by atoms with E-state index in [-0.39, 0.29) is 23.0 Å². The number of carbonyl (C=O) groups excluding carboxylic acids is 1. The van der Waals surface area contributed by atoms with Crippen molar-refractivity contribution < 1.29 is 9.18 Å². The fourth-order valence-corrected chi connectivity index (χ4v) is 5.37. The number of hydrogen-bond donors (Lipinski definition) is 2. The van der Waals surface area contributed by atoms with Gasteiger partial charge < -0.3 is 5.32 Å². The number of nitrogens with one attached hydrogen (secondary N) is 2. The van der Waals surface area contributed by atoms with Crippen LogP contribution in [0.1, 0.15) is 39.5 Å². The van der Waals surface area contributed by atoms with Crippen molar-refractivity contribution in [1.29, 1.82) is 0 Å². The smallest absolute Gasteiger partial charge is 0.233 e. The lowest BCUT2D eigenvalue weighted by Gasteiger charge is -2.29. The van der Waals surface area contributed by atoms with Crippen LogP contribution in [0.2, 0.25) is 0 Å². The fraction of sp³-hybridized carbons (Fsp3) is 0.550.